The molecule has 0 saturated carbocycles. The summed E-state index contributed by atoms with van der Waals surface area (Å²) in [5.41, 5.74) is 7.09. The van der Waals surface area contributed by atoms with Crippen LogP contribution in [0.4, 0.5) is 15.2 Å². The van der Waals surface area contributed by atoms with Crippen molar-refractivity contribution in [3.63, 3.8) is 0 Å². The van der Waals surface area contributed by atoms with Crippen molar-refractivity contribution in [3.8, 4) is 10.4 Å². The van der Waals surface area contributed by atoms with Crippen molar-refractivity contribution in [2.24, 2.45) is 5.73 Å². The first-order chi connectivity index (χ1) is 14.5. The molecule has 7 nitrogen and oxygen atoms in total. The molecule has 5 N–H and O–H groups in total. The zero-order valence-corrected chi connectivity index (χ0v) is 18.7. The van der Waals surface area contributed by atoms with Crippen LogP contribution >= 0.6 is 18.7 Å². The second-order valence-electron chi connectivity index (χ2n) is 7.43. The number of nitrogens with one attached hydrogen (secondary N) is 1. The van der Waals surface area contributed by atoms with E-state index < -0.39 is 25.2 Å². The van der Waals surface area contributed by atoms with Gasteiger partial charge in [-0.3, -0.25) is 9.36 Å². The third-order valence-electron chi connectivity index (χ3n) is 4.33. The van der Waals surface area contributed by atoms with Crippen LogP contribution in [0.25, 0.3) is 10.4 Å². The lowest BCUT2D eigenvalue weighted by Crippen LogP contribution is -2.11. The van der Waals surface area contributed by atoms with Gasteiger partial charge in [0.1, 0.15) is 16.6 Å². The molecule has 10 heteroatoms. The first-order valence-corrected chi connectivity index (χ1v) is 12.6. The van der Waals surface area contributed by atoms with Gasteiger partial charge in [0.15, 0.2) is 0 Å². The molecule has 164 valence electrons. The number of carbonyl (C=O) groups is 1. The molecule has 2 aromatic heterocycles. The van der Waals surface area contributed by atoms with Gasteiger partial charge in [0.2, 0.25) is 7.37 Å². The molecule has 2 heterocycles. The van der Waals surface area contributed by atoms with Crippen LogP contribution in [0, 0.1) is 5.82 Å². The Labute approximate surface area is 183 Å². The minimum atomic E-state index is -3.29. The lowest BCUT2D eigenvalue weighted by atomic mass is 10.0. The summed E-state index contributed by atoms with van der Waals surface area (Å²) < 4.78 is 26.4. The van der Waals surface area contributed by atoms with Crippen LogP contribution in [0.1, 0.15) is 28.5 Å². The molecule has 0 aliphatic carbocycles. The van der Waals surface area contributed by atoms with Gasteiger partial charge in [0.05, 0.1) is 23.5 Å². The van der Waals surface area contributed by atoms with E-state index >= 15 is 0 Å². The van der Waals surface area contributed by atoms with Crippen LogP contribution in [-0.4, -0.2) is 33.7 Å². The third kappa shape index (κ3) is 6.21. The first-order valence-electron chi connectivity index (χ1n) is 9.44. The van der Waals surface area contributed by atoms with E-state index in [9.17, 15) is 23.7 Å². The highest BCUT2D eigenvalue weighted by Crippen LogP contribution is 2.40. The Morgan fingerprint density at radius 1 is 1.32 bits per heavy atom. The van der Waals surface area contributed by atoms with Gasteiger partial charge in [0.25, 0.3) is 5.91 Å². The standard InChI is InChI=1S/C21H23FN3O4PS/c1-12(26)8-13-6-7-15(17(22)9-13)18-10-16(20(23)27)21(31-18)25-19-5-3-4-14(24-19)11-30(2,28)29/h3-7,9-10,12,26H,8,11H2,1-2H3,(H2,23,27)(H,24,25)(H,28,29). The van der Waals surface area contributed by atoms with Crippen molar-refractivity contribution in [1.29, 1.82) is 0 Å². The van der Waals surface area contributed by atoms with Crippen LogP contribution in [0.15, 0.2) is 42.5 Å². The fourth-order valence-corrected chi connectivity index (χ4v) is 4.95. The number of hydrogen-bond acceptors (Lipinski definition) is 6. The SMILES string of the molecule is CC(O)Cc1ccc(-c2cc(C(N)=O)c(Nc3cccc(CP(C)(=O)O)n3)s2)c(F)c1. The second kappa shape index (κ2) is 9.28. The Bertz CT molecular complexity index is 1160. The summed E-state index contributed by atoms with van der Waals surface area (Å²) in [5.74, 6) is -0.779. The Morgan fingerprint density at radius 3 is 2.68 bits per heavy atom. The number of benzene rings is 1. The topological polar surface area (TPSA) is 126 Å². The highest BCUT2D eigenvalue weighted by atomic mass is 32.1. The third-order valence-corrected chi connectivity index (χ3v) is 6.33. The van der Waals surface area contributed by atoms with Crippen molar-refractivity contribution in [2.75, 3.05) is 12.0 Å². The second-order valence-corrected chi connectivity index (χ2v) is 10.9. The van der Waals surface area contributed by atoms with E-state index in [1.54, 1.807) is 37.3 Å². The summed E-state index contributed by atoms with van der Waals surface area (Å²) in [6.45, 7) is 2.89. The number of carbonyl (C=O) groups excluding carboxylic acids is 1. The minimum absolute atomic E-state index is 0.0785. The first kappa shape index (κ1) is 23.1. The summed E-state index contributed by atoms with van der Waals surface area (Å²) in [6.07, 6.45) is -0.327. The summed E-state index contributed by atoms with van der Waals surface area (Å²) >= 11 is 1.14. The Morgan fingerprint density at radius 2 is 2.06 bits per heavy atom. The molecule has 0 radical (unpaired) electrons. The minimum Gasteiger partial charge on any atom is -0.393 e. The Balaban J connectivity index is 1.92. The number of nitrogens with two attached hydrogens (primary N) is 1. The van der Waals surface area contributed by atoms with Gasteiger partial charge in [-0.15, -0.1) is 11.3 Å². The van der Waals surface area contributed by atoms with Gasteiger partial charge in [0, 0.05) is 17.1 Å². The highest BCUT2D eigenvalue weighted by molar-refractivity contribution is 7.56. The molecular weight excluding hydrogens is 440 g/mol. The maximum absolute atomic E-state index is 14.7. The van der Waals surface area contributed by atoms with Gasteiger partial charge in [-0.25, -0.2) is 9.37 Å². The zero-order valence-electron chi connectivity index (χ0n) is 17.0. The quantitative estimate of drug-likeness (QED) is 0.373. The number of halogens is 1. The van der Waals surface area contributed by atoms with Crippen molar-refractivity contribution in [2.45, 2.75) is 25.6 Å². The largest absolute Gasteiger partial charge is 0.393 e. The van der Waals surface area contributed by atoms with E-state index in [4.69, 9.17) is 5.73 Å². The van der Waals surface area contributed by atoms with E-state index in [0.717, 1.165) is 11.3 Å². The number of primary amides is 1. The maximum atomic E-state index is 14.7. The molecule has 3 rings (SSSR count). The summed E-state index contributed by atoms with van der Waals surface area (Å²) in [5, 5.41) is 12.9. The van der Waals surface area contributed by atoms with Crippen LogP contribution in [0.2, 0.25) is 0 Å². The van der Waals surface area contributed by atoms with Gasteiger partial charge in [-0.1, -0.05) is 18.2 Å². The van der Waals surface area contributed by atoms with E-state index in [2.05, 4.69) is 10.3 Å². The Hall–Kier alpha value is -2.58. The number of aliphatic hydroxyl groups excluding tert-OH is 1. The fourth-order valence-electron chi connectivity index (χ4n) is 3.08. The van der Waals surface area contributed by atoms with E-state index in [-0.39, 0.29) is 11.7 Å². The number of rotatable bonds is 8. The van der Waals surface area contributed by atoms with E-state index in [1.165, 1.54) is 18.8 Å². The molecule has 2 atom stereocenters. The summed E-state index contributed by atoms with van der Waals surface area (Å²) in [6, 6.07) is 11.2. The van der Waals surface area contributed by atoms with Gasteiger partial charge in [-0.2, -0.15) is 0 Å². The van der Waals surface area contributed by atoms with E-state index in [1.807, 2.05) is 0 Å². The predicted molar refractivity (Wildman–Crippen MR) is 121 cm³/mol. The van der Waals surface area contributed by atoms with Crippen molar-refractivity contribution < 1.29 is 23.7 Å². The molecule has 0 saturated heterocycles. The number of amides is 1. The molecule has 0 spiro atoms. The molecule has 1 aromatic carbocycles. The smallest absolute Gasteiger partial charge is 0.251 e. The molecule has 1 amide bonds. The van der Waals surface area contributed by atoms with Crippen molar-refractivity contribution >= 4 is 35.4 Å². The monoisotopic (exact) mass is 463 g/mol. The molecular formula is C21H23FN3O4PS. The normalized spacial score (nSPS) is 14.1. The molecule has 31 heavy (non-hydrogen) atoms. The summed E-state index contributed by atoms with van der Waals surface area (Å²) in [4.78, 5) is 26.3. The number of nitrogens with zero attached hydrogens (tertiary/aromatic N) is 1. The highest BCUT2D eigenvalue weighted by Gasteiger charge is 2.18. The number of anilines is 2. The van der Waals surface area contributed by atoms with Crippen LogP contribution in [0.5, 0.6) is 0 Å². The molecule has 0 bridgehead atoms. The van der Waals surface area contributed by atoms with Crippen LogP contribution in [-0.2, 0) is 17.1 Å². The van der Waals surface area contributed by atoms with Crippen LogP contribution < -0.4 is 11.1 Å². The molecule has 3 aromatic rings. The van der Waals surface area contributed by atoms with E-state index in [0.29, 0.717) is 38.9 Å². The fraction of sp³-hybridized carbons (Fsp3) is 0.238. The number of hydrogen-bond donors (Lipinski definition) is 4. The summed E-state index contributed by atoms with van der Waals surface area (Å²) in [7, 11) is -3.29. The van der Waals surface area contributed by atoms with Crippen molar-refractivity contribution in [1.82, 2.24) is 4.98 Å². The van der Waals surface area contributed by atoms with Crippen LogP contribution in [0.3, 0.4) is 0 Å². The molecule has 0 fully saturated rings. The lowest BCUT2D eigenvalue weighted by Gasteiger charge is -2.08. The zero-order chi connectivity index (χ0) is 22.8. The number of aromatic nitrogens is 1. The van der Waals surface area contributed by atoms with Gasteiger partial charge >= 0.3 is 0 Å². The number of thiophene rings is 1. The number of pyridine rings is 1. The Kier molecular flexibility index (Phi) is 6.91. The molecule has 0 aliphatic heterocycles. The predicted octanol–water partition coefficient (Wildman–Crippen LogP) is 4.12. The average Bonchev–Trinajstić information content (AvgIpc) is 3.04. The molecule has 2 unspecified atom stereocenters. The number of aliphatic hydroxyl groups is 1. The van der Waals surface area contributed by atoms with Gasteiger partial charge in [-0.05, 0) is 43.2 Å². The maximum Gasteiger partial charge on any atom is 0.251 e. The van der Waals surface area contributed by atoms with Gasteiger partial charge < -0.3 is 21.1 Å². The molecule has 0 aliphatic rings. The lowest BCUT2D eigenvalue weighted by molar-refractivity contribution is 0.100. The van der Waals surface area contributed by atoms with Crippen molar-refractivity contribution in [3.05, 3.63) is 65.1 Å². The average molecular weight is 463 g/mol.